The summed E-state index contributed by atoms with van der Waals surface area (Å²) >= 11 is 0. The molecule has 7 nitrogen and oxygen atoms in total. The normalized spacial score (nSPS) is 10.2. The molecule has 0 aromatic heterocycles. The Hall–Kier alpha value is -3.35. The van der Waals surface area contributed by atoms with Crippen LogP contribution in [-0.4, -0.2) is 38.7 Å². The highest BCUT2D eigenvalue weighted by molar-refractivity contribution is 5.96. The molecule has 0 aliphatic heterocycles. The average molecular weight is 399 g/mol. The third-order valence-corrected chi connectivity index (χ3v) is 4.38. The van der Waals surface area contributed by atoms with E-state index in [0.29, 0.717) is 0 Å². The van der Waals surface area contributed by atoms with Crippen LogP contribution in [0.3, 0.4) is 0 Å². The Morgan fingerprint density at radius 1 is 0.862 bits per heavy atom. The summed E-state index contributed by atoms with van der Waals surface area (Å²) in [5.74, 6) is -1.42. The Balaban J connectivity index is 2.18. The number of rotatable bonds is 8. The van der Waals surface area contributed by atoms with Gasteiger partial charge in [0.05, 0.1) is 25.3 Å². The second-order valence-corrected chi connectivity index (χ2v) is 6.22. The minimum Gasteiger partial charge on any atom is -0.484 e. The van der Waals surface area contributed by atoms with Crippen molar-refractivity contribution in [3.05, 3.63) is 58.7 Å². The van der Waals surface area contributed by atoms with E-state index < -0.39 is 11.9 Å². The molecule has 0 unspecified atom stereocenters. The Bertz CT molecular complexity index is 850. The van der Waals surface area contributed by atoms with E-state index in [2.05, 4.69) is 14.8 Å². The number of hydrogen-bond acceptors (Lipinski definition) is 6. The van der Waals surface area contributed by atoms with Crippen LogP contribution in [0.4, 0.5) is 5.69 Å². The van der Waals surface area contributed by atoms with Gasteiger partial charge in [-0.15, -0.1) is 0 Å². The van der Waals surface area contributed by atoms with Crippen LogP contribution in [0, 0.1) is 0 Å². The highest BCUT2D eigenvalue weighted by Gasteiger charge is 2.16. The number of esters is 2. The third-order valence-electron chi connectivity index (χ3n) is 4.38. The second kappa shape index (κ2) is 10.3. The molecule has 0 radical (unpaired) electrons. The van der Waals surface area contributed by atoms with Crippen LogP contribution >= 0.6 is 0 Å². The molecule has 0 bridgehead atoms. The van der Waals surface area contributed by atoms with E-state index in [1.807, 2.05) is 32.0 Å². The molecule has 2 aromatic rings. The lowest BCUT2D eigenvalue weighted by atomic mass is 10.0. The van der Waals surface area contributed by atoms with Gasteiger partial charge in [-0.3, -0.25) is 4.79 Å². The van der Waals surface area contributed by atoms with Gasteiger partial charge < -0.3 is 19.5 Å². The Morgan fingerprint density at radius 2 is 1.38 bits per heavy atom. The van der Waals surface area contributed by atoms with Crippen molar-refractivity contribution in [1.82, 2.24) is 0 Å². The van der Waals surface area contributed by atoms with Crippen LogP contribution in [0.15, 0.2) is 36.4 Å². The Kier molecular flexibility index (Phi) is 7.77. The zero-order valence-electron chi connectivity index (χ0n) is 17.0. The van der Waals surface area contributed by atoms with Gasteiger partial charge in [-0.25, -0.2) is 9.59 Å². The first-order valence-corrected chi connectivity index (χ1v) is 9.28. The van der Waals surface area contributed by atoms with Crippen LogP contribution in [0.25, 0.3) is 0 Å². The molecular weight excluding hydrogens is 374 g/mol. The Labute approximate surface area is 170 Å². The highest BCUT2D eigenvalue weighted by atomic mass is 16.5. The predicted molar refractivity (Wildman–Crippen MR) is 108 cm³/mol. The average Bonchev–Trinajstić information content (AvgIpc) is 2.76. The fourth-order valence-corrected chi connectivity index (χ4v) is 2.88. The summed E-state index contributed by atoms with van der Waals surface area (Å²) in [5.41, 5.74) is 3.12. The maximum atomic E-state index is 12.5. The van der Waals surface area contributed by atoms with Crippen molar-refractivity contribution in [2.75, 3.05) is 26.1 Å². The minimum absolute atomic E-state index is 0.121. The largest absolute Gasteiger partial charge is 0.484 e. The van der Waals surface area contributed by atoms with Crippen molar-refractivity contribution in [3.8, 4) is 5.75 Å². The molecule has 1 N–H and O–H groups in total. The zero-order chi connectivity index (χ0) is 21.4. The standard InChI is InChI=1S/C22H25NO6/c1-5-14-8-7-9-15(6-2)20(14)23-19(24)13-29-18-11-16(21(25)27-3)10-17(12-18)22(26)28-4/h7-12H,5-6,13H2,1-4H3,(H,23,24). The maximum absolute atomic E-state index is 12.5. The molecule has 0 heterocycles. The van der Waals surface area contributed by atoms with Gasteiger partial charge in [0.1, 0.15) is 5.75 Å². The fourth-order valence-electron chi connectivity index (χ4n) is 2.88. The number of anilines is 1. The summed E-state index contributed by atoms with van der Waals surface area (Å²) in [7, 11) is 2.47. The number of aryl methyl sites for hydroxylation is 2. The number of carbonyl (C=O) groups is 3. The third kappa shape index (κ3) is 5.57. The molecule has 7 heteroatoms. The molecule has 0 saturated carbocycles. The second-order valence-electron chi connectivity index (χ2n) is 6.22. The maximum Gasteiger partial charge on any atom is 0.338 e. The summed E-state index contributed by atoms with van der Waals surface area (Å²) in [6, 6.07) is 10.1. The van der Waals surface area contributed by atoms with E-state index >= 15 is 0 Å². The lowest BCUT2D eigenvalue weighted by Gasteiger charge is -2.15. The topological polar surface area (TPSA) is 90.9 Å². The SMILES string of the molecule is CCc1cccc(CC)c1NC(=O)COc1cc(C(=O)OC)cc(C(=O)OC)c1. The number of para-hydroxylation sites is 1. The van der Waals surface area contributed by atoms with Crippen molar-refractivity contribution in [2.45, 2.75) is 26.7 Å². The summed E-state index contributed by atoms with van der Waals surface area (Å²) in [6.07, 6.45) is 1.57. The van der Waals surface area contributed by atoms with E-state index in [4.69, 9.17) is 4.74 Å². The smallest absolute Gasteiger partial charge is 0.338 e. The molecule has 0 spiro atoms. The zero-order valence-corrected chi connectivity index (χ0v) is 17.0. The van der Waals surface area contributed by atoms with Crippen LogP contribution in [0.1, 0.15) is 45.7 Å². The quantitative estimate of drug-likeness (QED) is 0.684. The number of methoxy groups -OCH3 is 2. The summed E-state index contributed by atoms with van der Waals surface area (Å²) < 4.78 is 14.9. The van der Waals surface area contributed by atoms with Gasteiger partial charge in [0.2, 0.25) is 0 Å². The number of ether oxygens (including phenoxy) is 3. The number of amides is 1. The van der Waals surface area contributed by atoms with Crippen LogP contribution < -0.4 is 10.1 Å². The molecule has 0 aliphatic carbocycles. The number of hydrogen-bond donors (Lipinski definition) is 1. The number of nitrogens with one attached hydrogen (secondary N) is 1. The summed E-state index contributed by atoms with van der Waals surface area (Å²) in [6.45, 7) is 3.76. The van der Waals surface area contributed by atoms with E-state index in [9.17, 15) is 14.4 Å². The van der Waals surface area contributed by atoms with E-state index in [1.165, 1.54) is 32.4 Å². The molecule has 154 valence electrons. The first-order valence-electron chi connectivity index (χ1n) is 9.28. The minimum atomic E-state index is -0.630. The Morgan fingerprint density at radius 3 is 1.83 bits per heavy atom. The molecule has 1 amide bonds. The summed E-state index contributed by atoms with van der Waals surface area (Å²) in [5, 5.41) is 2.90. The van der Waals surface area contributed by atoms with Crippen molar-refractivity contribution < 1.29 is 28.6 Å². The van der Waals surface area contributed by atoms with Crippen molar-refractivity contribution >= 4 is 23.5 Å². The van der Waals surface area contributed by atoms with Crippen LogP contribution in [-0.2, 0) is 27.1 Å². The van der Waals surface area contributed by atoms with Gasteiger partial charge in [-0.1, -0.05) is 32.0 Å². The molecule has 0 fully saturated rings. The van der Waals surface area contributed by atoms with E-state index in [-0.39, 0.29) is 29.4 Å². The van der Waals surface area contributed by atoms with Gasteiger partial charge >= 0.3 is 11.9 Å². The lowest BCUT2D eigenvalue weighted by Crippen LogP contribution is -2.22. The molecule has 29 heavy (non-hydrogen) atoms. The monoisotopic (exact) mass is 399 g/mol. The summed E-state index contributed by atoms with van der Waals surface area (Å²) in [4.78, 5) is 36.1. The van der Waals surface area contributed by atoms with Crippen molar-refractivity contribution in [3.63, 3.8) is 0 Å². The van der Waals surface area contributed by atoms with Gasteiger partial charge in [0, 0.05) is 5.69 Å². The van der Waals surface area contributed by atoms with Crippen LogP contribution in [0.5, 0.6) is 5.75 Å². The van der Waals surface area contributed by atoms with Crippen LogP contribution in [0.2, 0.25) is 0 Å². The first kappa shape index (κ1) is 21.9. The lowest BCUT2D eigenvalue weighted by molar-refractivity contribution is -0.118. The fraction of sp³-hybridized carbons (Fsp3) is 0.318. The van der Waals surface area contributed by atoms with E-state index in [1.54, 1.807) is 0 Å². The molecule has 0 aliphatic rings. The predicted octanol–water partition coefficient (Wildman–Crippen LogP) is 3.40. The molecule has 0 saturated heterocycles. The van der Waals surface area contributed by atoms with Crippen molar-refractivity contribution in [1.29, 1.82) is 0 Å². The van der Waals surface area contributed by atoms with Gasteiger partial charge in [0.15, 0.2) is 6.61 Å². The molecule has 2 rings (SSSR count). The first-order chi connectivity index (χ1) is 13.9. The molecular formula is C22H25NO6. The van der Waals surface area contributed by atoms with Gasteiger partial charge in [-0.05, 0) is 42.2 Å². The molecule has 0 atom stereocenters. The van der Waals surface area contributed by atoms with E-state index in [0.717, 1.165) is 29.7 Å². The number of carbonyl (C=O) groups excluding carboxylic acids is 3. The highest BCUT2D eigenvalue weighted by Crippen LogP contribution is 2.23. The van der Waals surface area contributed by atoms with Gasteiger partial charge in [0.25, 0.3) is 5.91 Å². The van der Waals surface area contributed by atoms with Crippen molar-refractivity contribution in [2.24, 2.45) is 0 Å². The van der Waals surface area contributed by atoms with Gasteiger partial charge in [-0.2, -0.15) is 0 Å². The molecule has 2 aromatic carbocycles. The number of benzene rings is 2.